The normalized spacial score (nSPS) is 10.9. The molecule has 0 bridgehead atoms. The molecule has 0 aliphatic rings. The fraction of sp³-hybridized carbons (Fsp3) is 0.0625. The lowest BCUT2D eigenvalue weighted by Crippen LogP contribution is -2.20. The van der Waals surface area contributed by atoms with Crippen LogP contribution in [0.4, 0.5) is 20.2 Å². The summed E-state index contributed by atoms with van der Waals surface area (Å²) in [5.74, 6) is -5.78. The number of aromatic nitrogens is 8. The zero-order chi connectivity index (χ0) is 36.1. The van der Waals surface area contributed by atoms with Crippen molar-refractivity contribution in [2.45, 2.75) is 13.1 Å². The molecular weight excluding hydrogens is 672 g/mol. The second-order valence-electron chi connectivity index (χ2n) is 10.6. The summed E-state index contributed by atoms with van der Waals surface area (Å²) in [6.07, 6.45) is 9.26. The average molecular weight is 696 g/mol. The molecule has 0 fully saturated rings. The number of hydrogen-bond donors (Lipinski definition) is 5. The molecule has 0 saturated heterocycles. The summed E-state index contributed by atoms with van der Waals surface area (Å²) in [7, 11) is 0. The third kappa shape index (κ3) is 7.57. The number of carbonyl (C=O) groups excluding carboxylic acids is 2. The van der Waals surface area contributed by atoms with E-state index in [4.69, 9.17) is 0 Å². The molecule has 256 valence electrons. The molecular formula is C32H23F2N11O6. The largest absolute Gasteiger partial charge is 0.478 e. The Bertz CT molecular complexity index is 2090. The molecule has 5 N–H and O–H groups in total. The van der Waals surface area contributed by atoms with Crippen molar-refractivity contribution in [2.75, 3.05) is 10.6 Å². The number of aromatic carboxylic acids is 2. The van der Waals surface area contributed by atoms with E-state index in [1.165, 1.54) is 49.3 Å². The van der Waals surface area contributed by atoms with E-state index in [2.05, 4.69) is 46.3 Å². The molecule has 0 spiro atoms. The summed E-state index contributed by atoms with van der Waals surface area (Å²) in [4.78, 5) is 57.3. The van der Waals surface area contributed by atoms with Gasteiger partial charge >= 0.3 is 11.9 Å². The van der Waals surface area contributed by atoms with Crippen LogP contribution in [0.3, 0.4) is 0 Å². The first-order valence-corrected chi connectivity index (χ1v) is 14.7. The maximum Gasteiger partial charge on any atom is 0.337 e. The molecule has 4 heterocycles. The van der Waals surface area contributed by atoms with Crippen molar-refractivity contribution in [1.29, 1.82) is 0 Å². The molecule has 0 saturated carbocycles. The lowest BCUT2D eigenvalue weighted by Gasteiger charge is -2.14. The van der Waals surface area contributed by atoms with Crippen molar-refractivity contribution in [1.82, 2.24) is 44.8 Å². The van der Waals surface area contributed by atoms with Crippen molar-refractivity contribution >= 4 is 35.1 Å². The first-order valence-electron chi connectivity index (χ1n) is 14.7. The molecule has 2 aromatic carbocycles. The van der Waals surface area contributed by atoms with Gasteiger partial charge in [-0.05, 0) is 48.5 Å². The second-order valence-corrected chi connectivity index (χ2v) is 10.6. The van der Waals surface area contributed by atoms with Gasteiger partial charge in [0.25, 0.3) is 11.8 Å². The van der Waals surface area contributed by atoms with Crippen molar-refractivity contribution in [3.63, 3.8) is 0 Å². The van der Waals surface area contributed by atoms with Crippen LogP contribution in [0.5, 0.6) is 0 Å². The SMILES string of the molecule is O=C(Nc1cc(CNCc2cc(NC(=O)c3ccc(-n4ccnc4)nn3)c(C(=O)O)cc2F)c(F)cc1C(=O)O)c1ccc(-n2ccnc2)nn1. The van der Waals surface area contributed by atoms with Gasteiger partial charge in [-0.1, -0.05) is 0 Å². The van der Waals surface area contributed by atoms with Gasteiger partial charge in [-0.2, -0.15) is 0 Å². The highest BCUT2D eigenvalue weighted by Gasteiger charge is 2.21. The Morgan fingerprint density at radius 2 is 1.06 bits per heavy atom. The number of amides is 2. The molecule has 4 aromatic heterocycles. The van der Waals surface area contributed by atoms with E-state index in [9.17, 15) is 29.4 Å². The fourth-order valence-corrected chi connectivity index (χ4v) is 4.73. The summed E-state index contributed by atoms with van der Waals surface area (Å²) >= 11 is 0. The lowest BCUT2D eigenvalue weighted by atomic mass is 10.1. The van der Waals surface area contributed by atoms with E-state index >= 15 is 8.78 Å². The first kappa shape index (κ1) is 33.6. The fourth-order valence-electron chi connectivity index (χ4n) is 4.73. The minimum absolute atomic E-state index is 0.0920. The summed E-state index contributed by atoms with van der Waals surface area (Å²) in [5.41, 5.74) is -2.05. The summed E-state index contributed by atoms with van der Waals surface area (Å²) in [5, 5.41) is 42.5. The smallest absolute Gasteiger partial charge is 0.337 e. The Morgan fingerprint density at radius 3 is 1.39 bits per heavy atom. The molecule has 0 atom stereocenters. The predicted octanol–water partition coefficient (Wildman–Crippen LogP) is 3.11. The standard InChI is InChI=1S/C32H23F2N11O6/c33-21-11-19(31(48)49)25(38-29(46)23-1-3-27(42-40-23)44-7-5-35-15-44)9-17(21)13-37-14-18-10-26(20(32(50)51)12-22(18)34)39-30(47)24-2-4-28(43-41-24)45-8-6-36-16-45/h1-12,15-16,37H,13-14H2,(H,38,46)(H,39,47)(H,48,49)(H,50,51). The first-order chi connectivity index (χ1) is 24.6. The van der Waals surface area contributed by atoms with E-state index in [1.54, 1.807) is 21.5 Å². The summed E-state index contributed by atoms with van der Waals surface area (Å²) < 4.78 is 33.1. The minimum Gasteiger partial charge on any atom is -0.478 e. The van der Waals surface area contributed by atoms with Gasteiger partial charge in [0.1, 0.15) is 24.3 Å². The van der Waals surface area contributed by atoms with E-state index in [1.807, 2.05) is 0 Å². The zero-order valence-electron chi connectivity index (χ0n) is 25.9. The number of halogens is 2. The number of carbonyl (C=O) groups is 4. The maximum absolute atomic E-state index is 15.0. The highest BCUT2D eigenvalue weighted by atomic mass is 19.1. The van der Waals surface area contributed by atoms with Gasteiger partial charge in [-0.15, -0.1) is 20.4 Å². The Hall–Kier alpha value is -7.28. The van der Waals surface area contributed by atoms with Crippen LogP contribution in [0.1, 0.15) is 52.8 Å². The van der Waals surface area contributed by atoms with E-state index in [0.29, 0.717) is 11.6 Å². The zero-order valence-corrected chi connectivity index (χ0v) is 25.9. The molecule has 6 rings (SSSR count). The molecule has 0 aliphatic carbocycles. The van der Waals surface area contributed by atoms with Crippen LogP contribution in [-0.4, -0.2) is 73.5 Å². The number of carboxylic acids is 2. The van der Waals surface area contributed by atoms with Gasteiger partial charge in [0, 0.05) is 49.0 Å². The van der Waals surface area contributed by atoms with Crippen LogP contribution in [0.2, 0.25) is 0 Å². The molecule has 2 amide bonds. The van der Waals surface area contributed by atoms with E-state index < -0.39 is 46.5 Å². The number of carboxylic acid groups (broad SMARTS) is 2. The predicted molar refractivity (Wildman–Crippen MR) is 171 cm³/mol. The Labute approximate surface area is 284 Å². The van der Waals surface area contributed by atoms with Crippen LogP contribution >= 0.6 is 0 Å². The number of imidazole rings is 2. The molecule has 51 heavy (non-hydrogen) atoms. The van der Waals surface area contributed by atoms with Crippen LogP contribution in [0.15, 0.2) is 86.0 Å². The third-order valence-electron chi connectivity index (χ3n) is 7.27. The summed E-state index contributed by atoms with van der Waals surface area (Å²) in [6.45, 7) is -0.566. The quantitative estimate of drug-likeness (QED) is 0.124. The number of benzene rings is 2. The third-order valence-corrected chi connectivity index (χ3v) is 7.27. The minimum atomic E-state index is -1.51. The van der Waals surface area contributed by atoms with Gasteiger partial charge in [-0.3, -0.25) is 18.7 Å². The Kier molecular flexibility index (Phi) is 9.53. The van der Waals surface area contributed by atoms with Crippen LogP contribution in [0, 0.1) is 11.6 Å². The van der Waals surface area contributed by atoms with Gasteiger partial charge in [-0.25, -0.2) is 28.3 Å². The lowest BCUT2D eigenvalue weighted by molar-refractivity contribution is 0.0686. The number of hydrogen-bond acceptors (Lipinski definition) is 11. The molecule has 6 aromatic rings. The number of nitrogens with zero attached hydrogens (tertiary/aromatic N) is 8. The molecule has 0 aliphatic heterocycles. The molecule has 0 unspecified atom stereocenters. The molecule has 19 heteroatoms. The van der Waals surface area contributed by atoms with Crippen molar-refractivity contribution in [2.24, 2.45) is 0 Å². The van der Waals surface area contributed by atoms with Crippen molar-refractivity contribution in [3.05, 3.63) is 131 Å². The topological polar surface area (TPSA) is 232 Å². The van der Waals surface area contributed by atoms with Gasteiger partial charge in [0.15, 0.2) is 23.0 Å². The number of anilines is 2. The molecule has 0 radical (unpaired) electrons. The van der Waals surface area contributed by atoms with Crippen LogP contribution in [0.25, 0.3) is 11.6 Å². The van der Waals surface area contributed by atoms with Gasteiger partial charge in [0.2, 0.25) is 0 Å². The van der Waals surface area contributed by atoms with Crippen molar-refractivity contribution < 1.29 is 38.2 Å². The Morgan fingerprint density at radius 1 is 0.627 bits per heavy atom. The highest BCUT2D eigenvalue weighted by molar-refractivity contribution is 6.07. The maximum atomic E-state index is 15.0. The highest BCUT2D eigenvalue weighted by Crippen LogP contribution is 2.24. The monoisotopic (exact) mass is 695 g/mol. The number of rotatable bonds is 12. The van der Waals surface area contributed by atoms with Crippen LogP contribution < -0.4 is 16.0 Å². The molecule has 17 nitrogen and oxygen atoms in total. The van der Waals surface area contributed by atoms with Crippen LogP contribution in [-0.2, 0) is 13.1 Å². The average Bonchev–Trinajstić information content (AvgIpc) is 3.86. The summed E-state index contributed by atoms with van der Waals surface area (Å²) in [6, 6.07) is 9.36. The second kappa shape index (κ2) is 14.5. The van der Waals surface area contributed by atoms with Gasteiger partial charge < -0.3 is 26.2 Å². The Balaban J connectivity index is 1.16. The van der Waals surface area contributed by atoms with E-state index in [0.717, 1.165) is 24.3 Å². The van der Waals surface area contributed by atoms with Crippen molar-refractivity contribution in [3.8, 4) is 11.6 Å². The van der Waals surface area contributed by atoms with Gasteiger partial charge in [0.05, 0.1) is 22.5 Å². The van der Waals surface area contributed by atoms with E-state index in [-0.39, 0.29) is 47.0 Å². The number of nitrogens with one attached hydrogen (secondary N) is 3.